The highest BCUT2D eigenvalue weighted by Gasteiger charge is 2.28. The summed E-state index contributed by atoms with van der Waals surface area (Å²) in [6, 6.07) is 37.9. The van der Waals surface area contributed by atoms with Gasteiger partial charge in [0.25, 0.3) is 5.91 Å². The normalized spacial score (nSPS) is 11.7. The monoisotopic (exact) mass is 690 g/mol. The van der Waals surface area contributed by atoms with Crippen LogP contribution in [0.15, 0.2) is 135 Å². The third kappa shape index (κ3) is 8.83. The summed E-state index contributed by atoms with van der Waals surface area (Å²) in [5.74, 6) is 0.643. The first-order valence-electron chi connectivity index (χ1n) is 16.7. The molecule has 0 fully saturated rings. The largest absolute Gasteiger partial charge is 0.507 e. The number of aromatic hydroxyl groups is 1. The van der Waals surface area contributed by atoms with Crippen molar-refractivity contribution < 1.29 is 14.7 Å². The molecule has 1 amide bonds. The summed E-state index contributed by atoms with van der Waals surface area (Å²) in [7, 11) is 0. The predicted molar refractivity (Wildman–Crippen MR) is 206 cm³/mol. The van der Waals surface area contributed by atoms with Gasteiger partial charge in [-0.15, -0.1) is 5.06 Å². The van der Waals surface area contributed by atoms with Gasteiger partial charge in [0.15, 0.2) is 5.75 Å². The van der Waals surface area contributed by atoms with Gasteiger partial charge in [-0.25, -0.2) is 0 Å². The number of hydrogen-bond acceptors (Lipinski definition) is 6. The summed E-state index contributed by atoms with van der Waals surface area (Å²) in [6.45, 7) is 14.8. The van der Waals surface area contributed by atoms with Gasteiger partial charge >= 0.3 is 0 Å². The number of anilines is 3. The minimum absolute atomic E-state index is 0.0253. The first-order valence-corrected chi connectivity index (χ1v) is 18.4. The van der Waals surface area contributed by atoms with Crippen LogP contribution in [0.1, 0.15) is 72.4 Å². The molecule has 2 N–H and O–H groups in total. The number of hydroxylamine groups is 1. The average molecular weight is 691 g/mol. The fourth-order valence-corrected chi connectivity index (χ4v) is 7.14. The van der Waals surface area contributed by atoms with E-state index in [9.17, 15) is 9.90 Å². The van der Waals surface area contributed by atoms with Crippen LogP contribution in [-0.4, -0.2) is 11.0 Å². The number of carbonyl (C=O) groups is 1. The van der Waals surface area contributed by atoms with Crippen molar-refractivity contribution in [3.8, 4) is 11.5 Å². The van der Waals surface area contributed by atoms with Crippen molar-refractivity contribution in [1.82, 2.24) is 0 Å². The summed E-state index contributed by atoms with van der Waals surface area (Å²) >= 11 is 3.16. The van der Waals surface area contributed by atoms with Crippen molar-refractivity contribution >= 4 is 46.5 Å². The molecule has 0 spiro atoms. The van der Waals surface area contributed by atoms with Crippen LogP contribution >= 0.6 is 23.5 Å². The fraction of sp³-hybridized carbons (Fsp3) is 0.262. The number of phenols is 1. The number of nitrogens with one attached hydrogen (secondary N) is 1. The van der Waals surface area contributed by atoms with Gasteiger partial charge in [-0.2, -0.15) is 0 Å². The number of rotatable bonds is 13. The minimum atomic E-state index is -0.225. The molecule has 0 aliphatic carbocycles. The van der Waals surface area contributed by atoms with E-state index in [-0.39, 0.29) is 22.5 Å². The number of carbonyl (C=O) groups excluding carboxylic acids is 1. The van der Waals surface area contributed by atoms with E-state index in [1.54, 1.807) is 17.8 Å². The molecule has 0 radical (unpaired) electrons. The molecule has 0 unspecified atom stereocenters. The molecule has 0 atom stereocenters. The van der Waals surface area contributed by atoms with E-state index in [1.165, 1.54) is 29.3 Å². The number of amides is 1. The Hall–Kier alpha value is -4.33. The second kappa shape index (κ2) is 15.5. The van der Waals surface area contributed by atoms with Gasteiger partial charge in [0.05, 0.1) is 16.3 Å². The SMILES string of the molecule is CCC(C)(C)c1ccc(ON(C(C)=O)c2ccc(Nc3cc(O)c(Sc4ccccc4)cc3Sc3ccccc3)cc2)c(C(C)(C)CC)c1. The van der Waals surface area contributed by atoms with Crippen molar-refractivity contribution in [2.24, 2.45) is 0 Å². The lowest BCUT2D eigenvalue weighted by molar-refractivity contribution is -0.120. The van der Waals surface area contributed by atoms with E-state index in [0.717, 1.165) is 49.4 Å². The van der Waals surface area contributed by atoms with Crippen molar-refractivity contribution in [1.29, 1.82) is 0 Å². The molecule has 0 aliphatic heterocycles. The third-order valence-electron chi connectivity index (χ3n) is 9.12. The molecular formula is C42H46N2O3S2. The van der Waals surface area contributed by atoms with Crippen LogP contribution in [0.2, 0.25) is 0 Å². The summed E-state index contributed by atoms with van der Waals surface area (Å²) < 4.78 is 0. The van der Waals surface area contributed by atoms with E-state index in [4.69, 9.17) is 4.84 Å². The van der Waals surface area contributed by atoms with Crippen molar-refractivity contribution in [2.45, 2.75) is 91.7 Å². The first kappa shape index (κ1) is 36.0. The lowest BCUT2D eigenvalue weighted by atomic mass is 9.76. The van der Waals surface area contributed by atoms with E-state index < -0.39 is 0 Å². The second-order valence-electron chi connectivity index (χ2n) is 13.4. The predicted octanol–water partition coefficient (Wildman–Crippen LogP) is 12.2. The van der Waals surface area contributed by atoms with E-state index in [1.807, 2.05) is 84.9 Å². The average Bonchev–Trinajstić information content (AvgIpc) is 3.10. The molecular weight excluding hydrogens is 645 g/mol. The Balaban J connectivity index is 1.43. The van der Waals surface area contributed by atoms with Crippen LogP contribution in [0.4, 0.5) is 17.1 Å². The Morgan fingerprint density at radius 3 is 1.86 bits per heavy atom. The van der Waals surface area contributed by atoms with Crippen LogP contribution in [-0.2, 0) is 15.6 Å². The lowest BCUT2D eigenvalue weighted by Gasteiger charge is -2.32. The molecule has 5 aromatic carbocycles. The van der Waals surface area contributed by atoms with E-state index in [0.29, 0.717) is 11.4 Å². The van der Waals surface area contributed by atoms with Crippen LogP contribution < -0.4 is 15.2 Å². The molecule has 49 heavy (non-hydrogen) atoms. The third-order valence-corrected chi connectivity index (χ3v) is 11.2. The Morgan fingerprint density at radius 2 is 1.31 bits per heavy atom. The number of nitrogens with zero attached hydrogens (tertiary/aromatic N) is 1. The Bertz CT molecular complexity index is 1870. The van der Waals surface area contributed by atoms with Gasteiger partial charge in [0.1, 0.15) is 5.75 Å². The molecule has 0 bridgehead atoms. The Kier molecular flexibility index (Phi) is 11.4. The summed E-state index contributed by atoms with van der Waals surface area (Å²) in [5.41, 5.74) is 4.41. The van der Waals surface area contributed by atoms with Gasteiger partial charge in [0, 0.05) is 38.9 Å². The van der Waals surface area contributed by atoms with Crippen LogP contribution in [0, 0.1) is 0 Å². The topological polar surface area (TPSA) is 61.8 Å². The first-order chi connectivity index (χ1) is 23.4. The number of phenolic OH excluding ortho intramolecular Hbond substituents is 1. The summed E-state index contributed by atoms with van der Waals surface area (Å²) in [4.78, 5) is 23.3. The Labute approximate surface area is 300 Å². The zero-order chi connectivity index (χ0) is 35.2. The smallest absolute Gasteiger partial charge is 0.256 e. The number of benzene rings is 5. The molecule has 5 aromatic rings. The molecule has 5 nitrogen and oxygen atoms in total. The fourth-order valence-electron chi connectivity index (χ4n) is 5.23. The van der Waals surface area contributed by atoms with Crippen molar-refractivity contribution in [2.75, 3.05) is 10.4 Å². The van der Waals surface area contributed by atoms with Gasteiger partial charge in [-0.1, -0.05) is 114 Å². The molecule has 254 valence electrons. The molecule has 5 rings (SSSR count). The molecule has 7 heteroatoms. The van der Waals surface area contributed by atoms with Crippen LogP contribution in [0.25, 0.3) is 0 Å². The zero-order valence-corrected chi connectivity index (χ0v) is 31.0. The van der Waals surface area contributed by atoms with Gasteiger partial charge in [-0.05, 0) is 89.9 Å². The number of hydrogen-bond donors (Lipinski definition) is 2. The molecule has 0 saturated heterocycles. The maximum atomic E-state index is 13.0. The summed E-state index contributed by atoms with van der Waals surface area (Å²) in [5, 5.41) is 15.9. The quantitative estimate of drug-likeness (QED) is 0.120. The van der Waals surface area contributed by atoms with Gasteiger partial charge in [-0.3, -0.25) is 4.79 Å². The lowest BCUT2D eigenvalue weighted by Crippen LogP contribution is -2.33. The minimum Gasteiger partial charge on any atom is -0.507 e. The van der Waals surface area contributed by atoms with Crippen molar-refractivity contribution in [3.63, 3.8) is 0 Å². The van der Waals surface area contributed by atoms with E-state index in [2.05, 4.69) is 71.1 Å². The molecule has 0 aliphatic rings. The van der Waals surface area contributed by atoms with Crippen LogP contribution in [0.5, 0.6) is 11.5 Å². The van der Waals surface area contributed by atoms with Crippen molar-refractivity contribution in [3.05, 3.63) is 126 Å². The van der Waals surface area contributed by atoms with Crippen LogP contribution in [0.3, 0.4) is 0 Å². The maximum absolute atomic E-state index is 13.0. The Morgan fingerprint density at radius 1 is 0.735 bits per heavy atom. The second-order valence-corrected chi connectivity index (χ2v) is 15.6. The maximum Gasteiger partial charge on any atom is 0.256 e. The molecule has 0 heterocycles. The highest BCUT2D eigenvalue weighted by Crippen LogP contribution is 2.44. The molecule has 0 saturated carbocycles. The highest BCUT2D eigenvalue weighted by atomic mass is 32.2. The standard InChI is InChI=1S/C42H46N2O3S2/c1-8-41(4,5)30-20-25-38(35(26-30)42(6,7)9-2)47-44(29(3)45)32-23-21-31(22-24-32)43-36-27-37(46)40(49-34-18-14-11-15-19-34)28-39(36)48-33-16-12-10-13-17-33/h10-28,43,46H,8-9H2,1-7H3. The highest BCUT2D eigenvalue weighted by molar-refractivity contribution is 8.00. The van der Waals surface area contributed by atoms with Gasteiger partial charge in [0.2, 0.25) is 0 Å². The molecule has 0 aromatic heterocycles. The zero-order valence-electron chi connectivity index (χ0n) is 29.4. The van der Waals surface area contributed by atoms with Gasteiger partial charge < -0.3 is 15.3 Å². The summed E-state index contributed by atoms with van der Waals surface area (Å²) in [6.07, 6.45) is 1.94. The van der Waals surface area contributed by atoms with E-state index >= 15 is 0 Å².